The number of piperazine rings is 1. The monoisotopic (exact) mass is 316 g/mol. The van der Waals surface area contributed by atoms with E-state index in [0.717, 1.165) is 30.8 Å². The zero-order valence-electron chi connectivity index (χ0n) is 13.1. The maximum absolute atomic E-state index is 13.0. The second-order valence-corrected chi connectivity index (χ2v) is 5.54. The predicted molar refractivity (Wildman–Crippen MR) is 87.3 cm³/mol. The van der Waals surface area contributed by atoms with Crippen LogP contribution in [0.2, 0.25) is 0 Å². The molecular formula is C18H21FN2O2. The lowest BCUT2D eigenvalue weighted by Crippen LogP contribution is -2.42. The van der Waals surface area contributed by atoms with Crippen molar-refractivity contribution in [3.05, 3.63) is 59.4 Å². The highest BCUT2D eigenvalue weighted by Crippen LogP contribution is 2.31. The summed E-state index contributed by atoms with van der Waals surface area (Å²) in [5.41, 5.74) is 2.07. The number of benzene rings is 2. The van der Waals surface area contributed by atoms with Gasteiger partial charge < -0.3 is 20.1 Å². The van der Waals surface area contributed by atoms with Crippen molar-refractivity contribution in [3.63, 3.8) is 0 Å². The lowest BCUT2D eigenvalue weighted by atomic mass is 10.0. The Balaban J connectivity index is 1.74. The number of ether oxygens (including phenoxy) is 2. The summed E-state index contributed by atoms with van der Waals surface area (Å²) in [5, 5.41) is 6.85. The average molecular weight is 316 g/mol. The quantitative estimate of drug-likeness (QED) is 0.890. The molecule has 1 aliphatic rings. The third-order valence-electron chi connectivity index (χ3n) is 3.94. The zero-order chi connectivity index (χ0) is 16.1. The molecule has 0 bridgehead atoms. The van der Waals surface area contributed by atoms with Gasteiger partial charge in [-0.15, -0.1) is 0 Å². The van der Waals surface area contributed by atoms with Gasteiger partial charge in [0.15, 0.2) is 11.5 Å². The van der Waals surface area contributed by atoms with Gasteiger partial charge in [-0.05, 0) is 35.4 Å². The summed E-state index contributed by atoms with van der Waals surface area (Å²) < 4.78 is 24.2. The van der Waals surface area contributed by atoms with E-state index in [4.69, 9.17) is 9.47 Å². The fourth-order valence-electron chi connectivity index (χ4n) is 2.65. The Bertz CT molecular complexity index is 640. The predicted octanol–water partition coefficient (Wildman–Crippen LogP) is 2.65. The number of hydrogen-bond acceptors (Lipinski definition) is 4. The highest BCUT2D eigenvalue weighted by atomic mass is 19.1. The van der Waals surface area contributed by atoms with Gasteiger partial charge in [0, 0.05) is 25.7 Å². The summed E-state index contributed by atoms with van der Waals surface area (Å²) in [6, 6.07) is 12.6. The number of methoxy groups -OCH3 is 1. The number of hydrogen-bond donors (Lipinski definition) is 2. The minimum Gasteiger partial charge on any atom is -0.493 e. The standard InChI is InChI=1S/C18H21FN2O2/c1-22-17-7-4-14(16-11-20-8-9-21-16)10-18(17)23-12-13-2-5-15(19)6-3-13/h2-7,10,16,20-21H,8-9,11-12H2,1H3/t16-/m1/s1. The normalized spacial score (nSPS) is 17.7. The van der Waals surface area contributed by atoms with Crippen LogP contribution in [-0.2, 0) is 6.61 Å². The molecule has 1 heterocycles. The molecule has 4 nitrogen and oxygen atoms in total. The maximum Gasteiger partial charge on any atom is 0.161 e. The molecule has 122 valence electrons. The van der Waals surface area contributed by atoms with Crippen LogP contribution in [0, 0.1) is 5.82 Å². The Kier molecular flexibility index (Phi) is 5.10. The molecule has 23 heavy (non-hydrogen) atoms. The molecule has 0 radical (unpaired) electrons. The molecule has 3 rings (SSSR count). The van der Waals surface area contributed by atoms with Crippen molar-refractivity contribution in [2.45, 2.75) is 12.6 Å². The van der Waals surface area contributed by atoms with Crippen LogP contribution in [0.15, 0.2) is 42.5 Å². The van der Waals surface area contributed by atoms with E-state index >= 15 is 0 Å². The Morgan fingerprint density at radius 1 is 1.09 bits per heavy atom. The van der Waals surface area contributed by atoms with Crippen LogP contribution >= 0.6 is 0 Å². The van der Waals surface area contributed by atoms with E-state index in [9.17, 15) is 4.39 Å². The molecule has 1 atom stereocenters. The Morgan fingerprint density at radius 2 is 1.91 bits per heavy atom. The van der Waals surface area contributed by atoms with E-state index in [0.29, 0.717) is 18.1 Å². The molecule has 1 fully saturated rings. The molecule has 2 N–H and O–H groups in total. The molecule has 0 aliphatic carbocycles. The third kappa shape index (κ3) is 4.00. The van der Waals surface area contributed by atoms with E-state index in [2.05, 4.69) is 10.6 Å². The molecule has 5 heteroatoms. The molecule has 0 aromatic heterocycles. The second-order valence-electron chi connectivity index (χ2n) is 5.54. The van der Waals surface area contributed by atoms with Gasteiger partial charge in [-0.3, -0.25) is 0 Å². The smallest absolute Gasteiger partial charge is 0.161 e. The van der Waals surface area contributed by atoms with Crippen LogP contribution in [0.3, 0.4) is 0 Å². The van der Waals surface area contributed by atoms with Crippen LogP contribution in [0.5, 0.6) is 11.5 Å². The fourth-order valence-corrected chi connectivity index (χ4v) is 2.65. The molecule has 0 amide bonds. The van der Waals surface area contributed by atoms with Gasteiger partial charge in [0.2, 0.25) is 0 Å². The van der Waals surface area contributed by atoms with Crippen molar-refractivity contribution in [1.29, 1.82) is 0 Å². The maximum atomic E-state index is 13.0. The van der Waals surface area contributed by atoms with Crippen LogP contribution in [0.25, 0.3) is 0 Å². The van der Waals surface area contributed by atoms with Gasteiger partial charge in [0.05, 0.1) is 7.11 Å². The van der Waals surface area contributed by atoms with E-state index in [-0.39, 0.29) is 11.9 Å². The van der Waals surface area contributed by atoms with Crippen molar-refractivity contribution in [2.24, 2.45) is 0 Å². The average Bonchev–Trinajstić information content (AvgIpc) is 2.62. The van der Waals surface area contributed by atoms with Gasteiger partial charge in [-0.2, -0.15) is 0 Å². The summed E-state index contributed by atoms with van der Waals surface area (Å²) in [6.07, 6.45) is 0. The number of halogens is 1. The molecular weight excluding hydrogens is 295 g/mol. The van der Waals surface area contributed by atoms with Gasteiger partial charge in [0.1, 0.15) is 12.4 Å². The van der Waals surface area contributed by atoms with Crippen LogP contribution < -0.4 is 20.1 Å². The summed E-state index contributed by atoms with van der Waals surface area (Å²) in [7, 11) is 1.63. The molecule has 2 aromatic rings. The molecule has 1 saturated heterocycles. The molecule has 0 saturated carbocycles. The molecule has 0 spiro atoms. The Labute approximate surface area is 135 Å². The summed E-state index contributed by atoms with van der Waals surface area (Å²) in [4.78, 5) is 0. The first-order valence-corrected chi connectivity index (χ1v) is 7.75. The first-order valence-electron chi connectivity index (χ1n) is 7.75. The topological polar surface area (TPSA) is 42.5 Å². The van der Waals surface area contributed by atoms with Gasteiger partial charge in [-0.1, -0.05) is 18.2 Å². The molecule has 0 unspecified atom stereocenters. The van der Waals surface area contributed by atoms with Gasteiger partial charge in [-0.25, -0.2) is 4.39 Å². The molecule has 2 aromatic carbocycles. The van der Waals surface area contributed by atoms with Crippen LogP contribution in [0.4, 0.5) is 4.39 Å². The highest BCUT2D eigenvalue weighted by Gasteiger charge is 2.16. The minimum atomic E-state index is -0.246. The summed E-state index contributed by atoms with van der Waals surface area (Å²) in [6.45, 7) is 3.20. The number of nitrogens with one attached hydrogen (secondary N) is 2. The largest absolute Gasteiger partial charge is 0.493 e. The van der Waals surface area contributed by atoms with Gasteiger partial charge >= 0.3 is 0 Å². The minimum absolute atomic E-state index is 0.246. The first kappa shape index (κ1) is 15.8. The summed E-state index contributed by atoms with van der Waals surface area (Å²) >= 11 is 0. The van der Waals surface area contributed by atoms with Crippen molar-refractivity contribution in [1.82, 2.24) is 10.6 Å². The summed E-state index contributed by atoms with van der Waals surface area (Å²) in [5.74, 6) is 1.14. The van der Waals surface area contributed by atoms with Crippen molar-refractivity contribution < 1.29 is 13.9 Å². The van der Waals surface area contributed by atoms with Gasteiger partial charge in [0.25, 0.3) is 0 Å². The lowest BCUT2D eigenvalue weighted by Gasteiger charge is -2.25. The van der Waals surface area contributed by atoms with E-state index in [1.54, 1.807) is 19.2 Å². The van der Waals surface area contributed by atoms with Crippen LogP contribution in [0.1, 0.15) is 17.2 Å². The third-order valence-corrected chi connectivity index (χ3v) is 3.94. The fraction of sp³-hybridized carbons (Fsp3) is 0.333. The van der Waals surface area contributed by atoms with E-state index < -0.39 is 0 Å². The Morgan fingerprint density at radius 3 is 2.61 bits per heavy atom. The van der Waals surface area contributed by atoms with Crippen LogP contribution in [-0.4, -0.2) is 26.7 Å². The highest BCUT2D eigenvalue weighted by molar-refractivity contribution is 5.44. The van der Waals surface area contributed by atoms with E-state index in [1.165, 1.54) is 12.1 Å². The second kappa shape index (κ2) is 7.44. The molecule has 1 aliphatic heterocycles. The Hall–Kier alpha value is -2.11. The van der Waals surface area contributed by atoms with Crippen molar-refractivity contribution >= 4 is 0 Å². The lowest BCUT2D eigenvalue weighted by molar-refractivity contribution is 0.283. The SMILES string of the molecule is COc1ccc([C@H]2CNCCN2)cc1OCc1ccc(F)cc1. The zero-order valence-corrected chi connectivity index (χ0v) is 13.1. The first-order chi connectivity index (χ1) is 11.3. The number of rotatable bonds is 5. The van der Waals surface area contributed by atoms with Crippen molar-refractivity contribution in [3.8, 4) is 11.5 Å². The van der Waals surface area contributed by atoms with Crippen molar-refractivity contribution in [2.75, 3.05) is 26.7 Å². The van der Waals surface area contributed by atoms with E-state index in [1.807, 2.05) is 18.2 Å².